The Hall–Kier alpha value is -2.26. The predicted molar refractivity (Wildman–Crippen MR) is 143 cm³/mol. The van der Waals surface area contributed by atoms with Crippen LogP contribution in [-0.4, -0.2) is 72.7 Å². The number of piperidine rings is 2. The van der Waals surface area contributed by atoms with Gasteiger partial charge in [0.15, 0.2) is 0 Å². The van der Waals surface area contributed by atoms with Crippen molar-refractivity contribution < 1.29 is 17.9 Å². The predicted octanol–water partition coefficient (Wildman–Crippen LogP) is 4.90. The molecule has 3 heterocycles. The average Bonchev–Trinajstić information content (AvgIpc) is 3.27. The molecule has 0 atom stereocenters. The molecule has 0 unspecified atom stereocenters. The lowest BCUT2D eigenvalue weighted by molar-refractivity contribution is 0.0426. The Bertz CT molecular complexity index is 1380. The van der Waals surface area contributed by atoms with Crippen molar-refractivity contribution in [2.24, 2.45) is 0 Å². The van der Waals surface area contributed by atoms with Crippen LogP contribution in [0.5, 0.6) is 5.75 Å². The lowest BCUT2D eigenvalue weighted by atomic mass is 9.98. The normalized spacial score (nSPS) is 18.6. The molecule has 0 spiro atoms. The van der Waals surface area contributed by atoms with Crippen molar-refractivity contribution in [1.82, 2.24) is 13.8 Å². The maximum atomic E-state index is 13.4. The van der Waals surface area contributed by atoms with Crippen LogP contribution in [0.15, 0.2) is 48.7 Å². The average molecular weight is 551 g/mol. The number of likely N-dealkylation sites (tertiary alicyclic amines) is 2. The van der Waals surface area contributed by atoms with Crippen LogP contribution in [0.2, 0.25) is 10.0 Å². The van der Waals surface area contributed by atoms with E-state index in [1.54, 1.807) is 30.3 Å². The molecule has 0 saturated carbocycles. The highest BCUT2D eigenvalue weighted by Gasteiger charge is 2.31. The monoisotopic (exact) mass is 549 g/mol. The zero-order chi connectivity index (χ0) is 25.4. The van der Waals surface area contributed by atoms with Gasteiger partial charge in [0.05, 0.1) is 27.4 Å². The van der Waals surface area contributed by atoms with E-state index >= 15 is 0 Å². The highest BCUT2D eigenvalue weighted by molar-refractivity contribution is 7.89. The van der Waals surface area contributed by atoms with E-state index in [4.69, 9.17) is 27.9 Å². The van der Waals surface area contributed by atoms with Gasteiger partial charge in [-0.15, -0.1) is 0 Å². The molecule has 2 aliphatic heterocycles. The largest absolute Gasteiger partial charge is 0.490 e. The fraction of sp³-hybridized carbons (Fsp3) is 0.423. The van der Waals surface area contributed by atoms with E-state index in [0.717, 1.165) is 50.8 Å². The summed E-state index contributed by atoms with van der Waals surface area (Å²) in [6.45, 7) is 3.21. The summed E-state index contributed by atoms with van der Waals surface area (Å²) in [6, 6.07) is 12.9. The second-order valence-corrected chi connectivity index (χ2v) is 12.2. The smallest absolute Gasteiger partial charge is 0.256 e. The SMILES string of the molecule is CS(=O)(=O)n1cc(C(=O)N2CCC(N3CCC(Oc4ccc(Cl)c(Cl)c4)CC3)CC2)c2ccccc21. The number of halogens is 2. The summed E-state index contributed by atoms with van der Waals surface area (Å²) in [5.41, 5.74) is 0.971. The second-order valence-electron chi connectivity index (χ2n) is 9.57. The summed E-state index contributed by atoms with van der Waals surface area (Å²) >= 11 is 12.1. The van der Waals surface area contributed by atoms with Crippen molar-refractivity contribution in [1.29, 1.82) is 0 Å². The molecule has 0 bridgehead atoms. The molecule has 3 aromatic rings. The first-order valence-corrected chi connectivity index (χ1v) is 14.8. The summed E-state index contributed by atoms with van der Waals surface area (Å²) in [7, 11) is -3.51. The number of benzene rings is 2. The number of aromatic nitrogens is 1. The van der Waals surface area contributed by atoms with Gasteiger partial charge in [-0.25, -0.2) is 12.4 Å². The first-order valence-electron chi connectivity index (χ1n) is 12.2. The van der Waals surface area contributed by atoms with Crippen LogP contribution in [0, 0.1) is 0 Å². The third kappa shape index (κ3) is 5.23. The molecule has 5 rings (SSSR count). The van der Waals surface area contributed by atoms with Crippen molar-refractivity contribution in [2.75, 3.05) is 32.4 Å². The summed E-state index contributed by atoms with van der Waals surface area (Å²) < 4.78 is 31.8. The van der Waals surface area contributed by atoms with Gasteiger partial charge in [-0.3, -0.25) is 9.69 Å². The van der Waals surface area contributed by atoms with E-state index < -0.39 is 10.0 Å². The Morgan fingerprint density at radius 3 is 2.31 bits per heavy atom. The molecule has 2 aromatic carbocycles. The minimum absolute atomic E-state index is 0.110. The van der Waals surface area contributed by atoms with Crippen LogP contribution < -0.4 is 4.74 Å². The van der Waals surface area contributed by atoms with Crippen LogP contribution in [0.1, 0.15) is 36.0 Å². The van der Waals surface area contributed by atoms with Gasteiger partial charge >= 0.3 is 0 Å². The third-order valence-electron chi connectivity index (χ3n) is 7.20. The molecule has 0 N–H and O–H groups in total. The minimum Gasteiger partial charge on any atom is -0.490 e. The highest BCUT2D eigenvalue weighted by Crippen LogP contribution is 2.30. The summed E-state index contributed by atoms with van der Waals surface area (Å²) in [6.07, 6.45) is 6.43. The summed E-state index contributed by atoms with van der Waals surface area (Å²) in [5, 5.41) is 1.68. The van der Waals surface area contributed by atoms with Gasteiger partial charge in [0.2, 0.25) is 10.0 Å². The first-order chi connectivity index (χ1) is 17.2. The number of fused-ring (bicyclic) bond motifs is 1. The molecule has 10 heteroatoms. The molecule has 1 amide bonds. The van der Waals surface area contributed by atoms with Crippen molar-refractivity contribution in [3.05, 3.63) is 64.3 Å². The lowest BCUT2D eigenvalue weighted by Crippen LogP contribution is -2.50. The van der Waals surface area contributed by atoms with Crippen LogP contribution in [0.25, 0.3) is 10.9 Å². The molecule has 0 aliphatic carbocycles. The molecular weight excluding hydrogens is 521 g/mol. The molecular formula is C26H29Cl2N3O4S. The fourth-order valence-electron chi connectivity index (χ4n) is 5.30. The molecule has 192 valence electrons. The van der Waals surface area contributed by atoms with Crippen molar-refractivity contribution >= 4 is 50.0 Å². The molecule has 1 aromatic heterocycles. The number of nitrogens with zero attached hydrogens (tertiary/aromatic N) is 3. The highest BCUT2D eigenvalue weighted by atomic mass is 35.5. The molecule has 36 heavy (non-hydrogen) atoms. The Kier molecular flexibility index (Phi) is 7.23. The molecule has 2 saturated heterocycles. The number of para-hydroxylation sites is 1. The van der Waals surface area contributed by atoms with Gasteiger partial charge in [0, 0.05) is 49.9 Å². The van der Waals surface area contributed by atoms with Crippen LogP contribution >= 0.6 is 23.2 Å². The number of amides is 1. The molecule has 0 radical (unpaired) electrons. The van der Waals surface area contributed by atoms with E-state index in [-0.39, 0.29) is 12.0 Å². The quantitative estimate of drug-likeness (QED) is 0.452. The Morgan fingerprint density at radius 1 is 0.944 bits per heavy atom. The van der Waals surface area contributed by atoms with E-state index in [2.05, 4.69) is 4.90 Å². The molecule has 7 nitrogen and oxygen atoms in total. The fourth-order valence-corrected chi connectivity index (χ4v) is 6.40. The Labute approximate surface area is 221 Å². The summed E-state index contributed by atoms with van der Waals surface area (Å²) in [5.74, 6) is 0.632. The van der Waals surface area contributed by atoms with Crippen LogP contribution in [-0.2, 0) is 10.0 Å². The molecule has 2 aliphatic rings. The van der Waals surface area contributed by atoms with Gasteiger partial charge < -0.3 is 9.64 Å². The van der Waals surface area contributed by atoms with Crippen molar-refractivity contribution in [2.45, 2.75) is 37.8 Å². The van der Waals surface area contributed by atoms with E-state index in [1.807, 2.05) is 17.0 Å². The van der Waals surface area contributed by atoms with Gasteiger partial charge in [0.1, 0.15) is 11.9 Å². The lowest BCUT2D eigenvalue weighted by Gasteiger charge is -2.41. The molecule has 2 fully saturated rings. The zero-order valence-electron chi connectivity index (χ0n) is 20.1. The third-order valence-corrected chi connectivity index (χ3v) is 8.96. The first kappa shape index (κ1) is 25.4. The van der Waals surface area contributed by atoms with Gasteiger partial charge in [-0.1, -0.05) is 41.4 Å². The maximum Gasteiger partial charge on any atom is 0.256 e. The number of ether oxygens (including phenoxy) is 1. The van der Waals surface area contributed by atoms with Gasteiger partial charge in [-0.05, 0) is 43.9 Å². The van der Waals surface area contributed by atoms with Crippen LogP contribution in [0.3, 0.4) is 0 Å². The topological polar surface area (TPSA) is 71.9 Å². The second kappa shape index (κ2) is 10.2. The van der Waals surface area contributed by atoms with Gasteiger partial charge in [0.25, 0.3) is 5.91 Å². The van der Waals surface area contributed by atoms with Crippen molar-refractivity contribution in [3.63, 3.8) is 0 Å². The Morgan fingerprint density at radius 2 is 1.64 bits per heavy atom. The van der Waals surface area contributed by atoms with E-state index in [9.17, 15) is 13.2 Å². The van der Waals surface area contributed by atoms with Crippen LogP contribution in [0.4, 0.5) is 0 Å². The zero-order valence-corrected chi connectivity index (χ0v) is 22.4. The minimum atomic E-state index is -3.51. The maximum absolute atomic E-state index is 13.4. The number of hydrogen-bond acceptors (Lipinski definition) is 5. The summed E-state index contributed by atoms with van der Waals surface area (Å²) in [4.78, 5) is 17.7. The van der Waals surface area contributed by atoms with E-state index in [1.165, 1.54) is 10.2 Å². The van der Waals surface area contributed by atoms with Gasteiger partial charge in [-0.2, -0.15) is 0 Å². The number of carbonyl (C=O) groups is 1. The number of carbonyl (C=O) groups excluding carboxylic acids is 1. The van der Waals surface area contributed by atoms with Crippen molar-refractivity contribution in [3.8, 4) is 5.75 Å². The van der Waals surface area contributed by atoms with E-state index in [0.29, 0.717) is 45.6 Å². The standard InChI is InChI=1S/C26H29Cl2N3O4S/c1-36(33,34)31-17-22(21-4-2-3-5-25(21)31)26(32)30-12-8-18(9-13-30)29-14-10-19(11-15-29)35-20-6-7-23(27)24(28)16-20/h2-7,16-19H,8-15H2,1H3. The number of hydrogen-bond donors (Lipinski definition) is 0. The Balaban J connectivity index is 1.17. The number of rotatable bonds is 5.